The van der Waals surface area contributed by atoms with Crippen molar-refractivity contribution in [3.05, 3.63) is 66.3 Å². The van der Waals surface area contributed by atoms with E-state index in [1.54, 1.807) is 31.6 Å². The lowest BCUT2D eigenvalue weighted by Crippen LogP contribution is -2.26. The van der Waals surface area contributed by atoms with E-state index < -0.39 is 0 Å². The Morgan fingerprint density at radius 1 is 1.22 bits per heavy atom. The van der Waals surface area contributed by atoms with E-state index in [0.29, 0.717) is 22.9 Å². The number of carbonyl (C=O) groups excluding carboxylic acids is 1. The van der Waals surface area contributed by atoms with Crippen molar-refractivity contribution in [2.45, 2.75) is 13.0 Å². The van der Waals surface area contributed by atoms with Crippen LogP contribution in [0.3, 0.4) is 0 Å². The third-order valence-electron chi connectivity index (χ3n) is 4.21. The standard InChI is InChI=1S/C20H17N3O4/c1-12(17-9-13-5-3-7-16(25-2)19(13)26-17)22-20(24)15-10-18(27-23-15)14-6-4-8-21-11-14/h3-12H,1-2H3,(H,22,24). The summed E-state index contributed by atoms with van der Waals surface area (Å²) in [6.45, 7) is 1.84. The van der Waals surface area contributed by atoms with Crippen molar-refractivity contribution in [3.63, 3.8) is 0 Å². The number of nitrogens with one attached hydrogen (secondary N) is 1. The molecular weight excluding hydrogens is 346 g/mol. The molecule has 0 spiro atoms. The average Bonchev–Trinajstić information content (AvgIpc) is 3.35. The minimum atomic E-state index is -0.354. The molecule has 1 aromatic carbocycles. The fraction of sp³-hybridized carbons (Fsp3) is 0.150. The number of hydrogen-bond acceptors (Lipinski definition) is 6. The summed E-state index contributed by atoms with van der Waals surface area (Å²) in [6.07, 6.45) is 3.31. The predicted molar refractivity (Wildman–Crippen MR) is 98.4 cm³/mol. The van der Waals surface area contributed by atoms with Crippen LogP contribution in [-0.4, -0.2) is 23.2 Å². The Kier molecular flexibility index (Phi) is 4.33. The van der Waals surface area contributed by atoms with Crippen molar-refractivity contribution in [2.24, 2.45) is 0 Å². The number of amides is 1. The molecule has 1 N–H and O–H groups in total. The highest BCUT2D eigenvalue weighted by molar-refractivity contribution is 5.93. The smallest absolute Gasteiger partial charge is 0.274 e. The summed E-state index contributed by atoms with van der Waals surface area (Å²) in [5.41, 5.74) is 1.59. The Bertz CT molecular complexity index is 1090. The molecule has 7 nitrogen and oxygen atoms in total. The molecule has 1 unspecified atom stereocenters. The Labute approximate surface area is 154 Å². The monoisotopic (exact) mass is 363 g/mol. The molecule has 0 aliphatic carbocycles. The second-order valence-corrected chi connectivity index (χ2v) is 6.04. The molecule has 0 aliphatic heterocycles. The van der Waals surface area contributed by atoms with Gasteiger partial charge in [0.1, 0.15) is 5.76 Å². The lowest BCUT2D eigenvalue weighted by molar-refractivity contribution is 0.0926. The topological polar surface area (TPSA) is 90.4 Å². The maximum absolute atomic E-state index is 12.5. The van der Waals surface area contributed by atoms with Gasteiger partial charge in [-0.3, -0.25) is 9.78 Å². The van der Waals surface area contributed by atoms with Gasteiger partial charge in [0.05, 0.1) is 13.2 Å². The van der Waals surface area contributed by atoms with Gasteiger partial charge in [-0.05, 0) is 31.2 Å². The summed E-state index contributed by atoms with van der Waals surface area (Å²) in [6, 6.07) is 12.4. The van der Waals surface area contributed by atoms with E-state index in [1.165, 1.54) is 0 Å². The van der Waals surface area contributed by atoms with Crippen molar-refractivity contribution < 1.29 is 18.5 Å². The summed E-state index contributed by atoms with van der Waals surface area (Å²) < 4.78 is 16.4. The number of hydrogen-bond donors (Lipinski definition) is 1. The highest BCUT2D eigenvalue weighted by Gasteiger charge is 2.19. The summed E-state index contributed by atoms with van der Waals surface area (Å²) >= 11 is 0. The van der Waals surface area contributed by atoms with Crippen LogP contribution in [-0.2, 0) is 0 Å². The lowest BCUT2D eigenvalue weighted by Gasteiger charge is -2.09. The van der Waals surface area contributed by atoms with Gasteiger partial charge in [-0.1, -0.05) is 17.3 Å². The number of carbonyl (C=O) groups is 1. The molecule has 7 heteroatoms. The van der Waals surface area contributed by atoms with Crippen LogP contribution in [0.1, 0.15) is 29.2 Å². The Balaban J connectivity index is 1.52. The maximum Gasteiger partial charge on any atom is 0.274 e. The van der Waals surface area contributed by atoms with E-state index in [2.05, 4.69) is 15.5 Å². The van der Waals surface area contributed by atoms with Gasteiger partial charge >= 0.3 is 0 Å². The Morgan fingerprint density at radius 2 is 2.11 bits per heavy atom. The van der Waals surface area contributed by atoms with Crippen molar-refractivity contribution >= 4 is 16.9 Å². The number of aromatic nitrogens is 2. The molecule has 0 radical (unpaired) electrons. The molecule has 0 saturated heterocycles. The number of ether oxygens (including phenoxy) is 1. The van der Waals surface area contributed by atoms with E-state index >= 15 is 0 Å². The van der Waals surface area contributed by atoms with Crippen LogP contribution in [0.2, 0.25) is 0 Å². The normalized spacial score (nSPS) is 12.1. The SMILES string of the molecule is COc1cccc2cc(C(C)NC(=O)c3cc(-c4cccnc4)on3)oc12. The third-order valence-corrected chi connectivity index (χ3v) is 4.21. The van der Waals surface area contributed by atoms with Gasteiger partial charge < -0.3 is 19.0 Å². The first-order chi connectivity index (χ1) is 13.2. The van der Waals surface area contributed by atoms with Crippen molar-refractivity contribution in [2.75, 3.05) is 7.11 Å². The number of methoxy groups -OCH3 is 1. The molecule has 27 heavy (non-hydrogen) atoms. The molecule has 0 bridgehead atoms. The molecule has 136 valence electrons. The van der Waals surface area contributed by atoms with E-state index in [-0.39, 0.29) is 17.6 Å². The van der Waals surface area contributed by atoms with Crippen LogP contribution in [0, 0.1) is 0 Å². The Morgan fingerprint density at radius 3 is 2.89 bits per heavy atom. The largest absolute Gasteiger partial charge is 0.493 e. The summed E-state index contributed by atoms with van der Waals surface area (Å²) in [4.78, 5) is 16.5. The van der Waals surface area contributed by atoms with E-state index in [0.717, 1.165) is 10.9 Å². The molecular formula is C20H17N3O4. The summed E-state index contributed by atoms with van der Waals surface area (Å²) in [5.74, 6) is 1.40. The van der Waals surface area contributed by atoms with Crippen molar-refractivity contribution in [3.8, 4) is 17.1 Å². The zero-order chi connectivity index (χ0) is 18.8. The van der Waals surface area contributed by atoms with Crippen molar-refractivity contribution in [1.29, 1.82) is 0 Å². The maximum atomic E-state index is 12.5. The molecule has 3 aromatic heterocycles. The summed E-state index contributed by atoms with van der Waals surface area (Å²) in [5, 5.41) is 7.62. The fourth-order valence-electron chi connectivity index (χ4n) is 2.80. The van der Waals surface area contributed by atoms with Gasteiger partial charge in [-0.15, -0.1) is 0 Å². The first-order valence-electron chi connectivity index (χ1n) is 8.40. The van der Waals surface area contributed by atoms with E-state index in [1.807, 2.05) is 37.3 Å². The number of para-hydroxylation sites is 1. The molecule has 1 amide bonds. The lowest BCUT2D eigenvalue weighted by atomic mass is 10.2. The van der Waals surface area contributed by atoms with Gasteiger partial charge in [-0.2, -0.15) is 0 Å². The molecule has 1 atom stereocenters. The number of nitrogens with zero attached hydrogens (tertiary/aromatic N) is 2. The second-order valence-electron chi connectivity index (χ2n) is 6.04. The highest BCUT2D eigenvalue weighted by Crippen LogP contribution is 2.31. The van der Waals surface area contributed by atoms with Crippen LogP contribution in [0.25, 0.3) is 22.3 Å². The number of pyridine rings is 1. The van der Waals surface area contributed by atoms with Crippen LogP contribution >= 0.6 is 0 Å². The van der Waals surface area contributed by atoms with Gasteiger partial charge in [0.2, 0.25) is 0 Å². The van der Waals surface area contributed by atoms with Crippen molar-refractivity contribution in [1.82, 2.24) is 15.5 Å². The quantitative estimate of drug-likeness (QED) is 0.577. The van der Waals surface area contributed by atoms with Crippen LogP contribution < -0.4 is 10.1 Å². The van der Waals surface area contributed by atoms with Gasteiger partial charge in [0.25, 0.3) is 5.91 Å². The number of furan rings is 1. The number of benzene rings is 1. The highest BCUT2D eigenvalue weighted by atomic mass is 16.5. The van der Waals surface area contributed by atoms with E-state index in [9.17, 15) is 4.79 Å². The number of fused-ring (bicyclic) bond motifs is 1. The zero-order valence-electron chi connectivity index (χ0n) is 14.8. The zero-order valence-corrected chi connectivity index (χ0v) is 14.8. The first kappa shape index (κ1) is 16.8. The molecule has 4 aromatic rings. The molecule has 3 heterocycles. The molecule has 0 saturated carbocycles. The number of rotatable bonds is 5. The van der Waals surface area contributed by atoms with Crippen LogP contribution in [0.4, 0.5) is 0 Å². The van der Waals surface area contributed by atoms with Gasteiger partial charge in [0.15, 0.2) is 22.8 Å². The third kappa shape index (κ3) is 3.27. The van der Waals surface area contributed by atoms with Gasteiger partial charge in [-0.25, -0.2) is 0 Å². The first-order valence-corrected chi connectivity index (χ1v) is 8.40. The fourth-order valence-corrected chi connectivity index (χ4v) is 2.80. The van der Waals surface area contributed by atoms with Crippen LogP contribution in [0.15, 0.2) is 63.8 Å². The Hall–Kier alpha value is -3.61. The molecule has 0 aliphatic rings. The molecule has 0 fully saturated rings. The van der Waals surface area contributed by atoms with E-state index in [4.69, 9.17) is 13.7 Å². The minimum Gasteiger partial charge on any atom is -0.493 e. The van der Waals surface area contributed by atoms with Crippen LogP contribution in [0.5, 0.6) is 5.75 Å². The minimum absolute atomic E-state index is 0.189. The second kappa shape index (κ2) is 6.95. The molecule has 4 rings (SSSR count). The predicted octanol–water partition coefficient (Wildman–Crippen LogP) is 3.98. The van der Waals surface area contributed by atoms with Gasteiger partial charge in [0, 0.05) is 29.4 Å². The average molecular weight is 363 g/mol. The summed E-state index contributed by atoms with van der Waals surface area (Å²) in [7, 11) is 1.59.